The highest BCUT2D eigenvalue weighted by atomic mass is 16.5. The van der Waals surface area contributed by atoms with Crippen LogP contribution in [0.5, 0.6) is 11.5 Å². The predicted octanol–water partition coefficient (Wildman–Crippen LogP) is 2.32. The lowest BCUT2D eigenvalue weighted by atomic mass is 10.1. The van der Waals surface area contributed by atoms with Crippen molar-refractivity contribution in [3.05, 3.63) is 23.9 Å². The Morgan fingerprint density at radius 3 is 2.47 bits per heavy atom. The van der Waals surface area contributed by atoms with E-state index in [-0.39, 0.29) is 5.78 Å². The third-order valence-corrected chi connectivity index (χ3v) is 2.71. The van der Waals surface area contributed by atoms with Crippen LogP contribution in [0.3, 0.4) is 0 Å². The van der Waals surface area contributed by atoms with Crippen molar-refractivity contribution in [1.29, 1.82) is 0 Å². The molecule has 1 aromatic heterocycles. The summed E-state index contributed by atoms with van der Waals surface area (Å²) in [6.45, 7) is 1.58. The van der Waals surface area contributed by atoms with Crippen molar-refractivity contribution in [3.8, 4) is 11.5 Å². The fraction of sp³-hybridized carbons (Fsp3) is 0.308. The second-order valence-corrected chi connectivity index (χ2v) is 3.95. The van der Waals surface area contributed by atoms with Crippen LogP contribution in [0, 0.1) is 0 Å². The monoisotopic (exact) mass is 233 g/mol. The molecule has 4 heteroatoms. The third-order valence-electron chi connectivity index (χ3n) is 2.71. The van der Waals surface area contributed by atoms with Gasteiger partial charge >= 0.3 is 0 Å². The summed E-state index contributed by atoms with van der Waals surface area (Å²) in [5.41, 5.74) is 1.92. The Morgan fingerprint density at radius 2 is 1.88 bits per heavy atom. The first-order valence-corrected chi connectivity index (χ1v) is 5.37. The van der Waals surface area contributed by atoms with E-state index in [9.17, 15) is 4.79 Å². The topological polar surface area (TPSA) is 51.3 Å². The average molecular weight is 233 g/mol. The zero-order valence-electron chi connectivity index (χ0n) is 10.2. The van der Waals surface area contributed by atoms with Gasteiger partial charge in [-0.2, -0.15) is 0 Å². The van der Waals surface area contributed by atoms with E-state index in [1.807, 2.05) is 18.3 Å². The highest BCUT2D eigenvalue weighted by molar-refractivity contribution is 5.90. The molecule has 0 amide bonds. The summed E-state index contributed by atoms with van der Waals surface area (Å²) >= 11 is 0. The van der Waals surface area contributed by atoms with Crippen LogP contribution in [0.4, 0.5) is 0 Å². The molecule has 0 bridgehead atoms. The van der Waals surface area contributed by atoms with Gasteiger partial charge in [0.05, 0.1) is 14.2 Å². The van der Waals surface area contributed by atoms with Gasteiger partial charge in [-0.1, -0.05) is 0 Å². The van der Waals surface area contributed by atoms with Crippen LogP contribution < -0.4 is 9.47 Å². The number of carbonyl (C=O) groups excluding carboxylic acids is 1. The van der Waals surface area contributed by atoms with Gasteiger partial charge in [-0.3, -0.25) is 4.79 Å². The number of aromatic amines is 1. The Labute approximate surface area is 99.5 Å². The van der Waals surface area contributed by atoms with Gasteiger partial charge in [-0.25, -0.2) is 0 Å². The van der Waals surface area contributed by atoms with Crippen molar-refractivity contribution in [1.82, 2.24) is 4.98 Å². The fourth-order valence-corrected chi connectivity index (χ4v) is 1.92. The molecule has 0 saturated heterocycles. The van der Waals surface area contributed by atoms with Gasteiger partial charge in [-0.15, -0.1) is 0 Å². The van der Waals surface area contributed by atoms with Crippen molar-refractivity contribution < 1.29 is 14.3 Å². The number of benzene rings is 1. The molecule has 90 valence electrons. The standard InChI is InChI=1S/C13H15NO3/c1-8(15)4-9-7-14-11-6-13(17-3)12(16-2)5-10(9)11/h5-7,14H,4H2,1-3H3. The summed E-state index contributed by atoms with van der Waals surface area (Å²) in [4.78, 5) is 14.3. The van der Waals surface area contributed by atoms with Crippen LogP contribution >= 0.6 is 0 Å². The molecule has 1 N–H and O–H groups in total. The SMILES string of the molecule is COc1cc2[nH]cc(CC(C)=O)c2cc1OC. The van der Waals surface area contributed by atoms with Gasteiger partial charge < -0.3 is 14.5 Å². The number of rotatable bonds is 4. The second kappa shape index (κ2) is 4.49. The van der Waals surface area contributed by atoms with E-state index < -0.39 is 0 Å². The lowest BCUT2D eigenvalue weighted by Crippen LogP contribution is -1.95. The van der Waals surface area contributed by atoms with Crippen molar-refractivity contribution in [2.45, 2.75) is 13.3 Å². The number of carbonyl (C=O) groups is 1. The van der Waals surface area contributed by atoms with Gasteiger partial charge in [0.2, 0.25) is 0 Å². The highest BCUT2D eigenvalue weighted by Crippen LogP contribution is 2.33. The summed E-state index contributed by atoms with van der Waals surface area (Å²) in [7, 11) is 3.20. The van der Waals surface area contributed by atoms with Crippen LogP contribution in [0.2, 0.25) is 0 Å². The first kappa shape index (κ1) is 11.5. The van der Waals surface area contributed by atoms with Crippen LogP contribution in [0.25, 0.3) is 10.9 Å². The molecule has 4 nitrogen and oxygen atoms in total. The van der Waals surface area contributed by atoms with Crippen LogP contribution in [0.15, 0.2) is 18.3 Å². The molecule has 17 heavy (non-hydrogen) atoms. The molecule has 0 spiro atoms. The summed E-state index contributed by atoms with van der Waals surface area (Å²) in [5, 5.41) is 0.998. The van der Waals surface area contributed by atoms with Crippen molar-refractivity contribution in [2.24, 2.45) is 0 Å². The molecule has 1 aromatic carbocycles. The first-order chi connectivity index (χ1) is 8.15. The van der Waals surface area contributed by atoms with Crippen molar-refractivity contribution in [2.75, 3.05) is 14.2 Å². The summed E-state index contributed by atoms with van der Waals surface area (Å²) in [6.07, 6.45) is 2.28. The van der Waals surface area contributed by atoms with E-state index in [1.165, 1.54) is 0 Å². The Bertz CT molecular complexity index is 557. The quantitative estimate of drug-likeness (QED) is 0.881. The second-order valence-electron chi connectivity index (χ2n) is 3.95. The van der Waals surface area contributed by atoms with Crippen molar-refractivity contribution in [3.63, 3.8) is 0 Å². The summed E-state index contributed by atoms with van der Waals surface area (Å²) in [6, 6.07) is 3.76. The molecule has 0 aliphatic carbocycles. The maximum Gasteiger partial charge on any atom is 0.162 e. The Hall–Kier alpha value is -1.97. The molecule has 0 fully saturated rings. The average Bonchev–Trinajstić information content (AvgIpc) is 2.69. The number of aromatic nitrogens is 1. The van der Waals surface area contributed by atoms with Gasteiger partial charge in [-0.05, 0) is 18.6 Å². The van der Waals surface area contributed by atoms with Gasteiger partial charge in [0, 0.05) is 29.6 Å². The van der Waals surface area contributed by atoms with Gasteiger partial charge in [0.1, 0.15) is 5.78 Å². The number of ether oxygens (including phenoxy) is 2. The molecule has 0 saturated carbocycles. The fourth-order valence-electron chi connectivity index (χ4n) is 1.92. The van der Waals surface area contributed by atoms with E-state index >= 15 is 0 Å². The van der Waals surface area contributed by atoms with E-state index in [1.54, 1.807) is 21.1 Å². The minimum atomic E-state index is 0.140. The molecule has 2 aromatic rings. The lowest BCUT2D eigenvalue weighted by Gasteiger charge is -2.07. The number of Topliss-reactive ketones (excluding diaryl/α,β-unsaturated/α-hetero) is 1. The molecule has 1 heterocycles. The molecule has 0 atom stereocenters. The maximum absolute atomic E-state index is 11.2. The van der Waals surface area contributed by atoms with Gasteiger partial charge in [0.15, 0.2) is 11.5 Å². The lowest BCUT2D eigenvalue weighted by molar-refractivity contribution is -0.116. The van der Waals surface area contributed by atoms with Crippen LogP contribution in [0.1, 0.15) is 12.5 Å². The normalized spacial score (nSPS) is 10.5. The smallest absolute Gasteiger partial charge is 0.162 e. The molecule has 0 radical (unpaired) electrons. The zero-order chi connectivity index (χ0) is 12.4. The molecule has 0 aliphatic rings. The van der Waals surface area contributed by atoms with E-state index in [0.29, 0.717) is 17.9 Å². The zero-order valence-corrected chi connectivity index (χ0v) is 10.2. The molecule has 2 rings (SSSR count). The number of nitrogens with one attached hydrogen (secondary N) is 1. The van der Waals surface area contributed by atoms with Gasteiger partial charge in [0.25, 0.3) is 0 Å². The number of ketones is 1. The predicted molar refractivity (Wildman–Crippen MR) is 65.8 cm³/mol. The third kappa shape index (κ3) is 2.11. The Kier molecular flexibility index (Phi) is 3.04. The number of hydrogen-bond donors (Lipinski definition) is 1. The summed E-state index contributed by atoms with van der Waals surface area (Å²) < 4.78 is 10.5. The summed E-state index contributed by atoms with van der Waals surface area (Å²) in [5.74, 6) is 1.49. The van der Waals surface area contributed by atoms with Crippen LogP contribution in [-0.4, -0.2) is 25.0 Å². The van der Waals surface area contributed by atoms with Crippen molar-refractivity contribution >= 4 is 16.7 Å². The molecular formula is C13H15NO3. The number of methoxy groups -OCH3 is 2. The Balaban J connectivity index is 2.56. The van der Waals surface area contributed by atoms with Crippen LogP contribution in [-0.2, 0) is 11.2 Å². The molecule has 0 aliphatic heterocycles. The number of H-pyrrole nitrogens is 1. The number of fused-ring (bicyclic) bond motifs is 1. The minimum Gasteiger partial charge on any atom is -0.493 e. The Morgan fingerprint density at radius 1 is 1.24 bits per heavy atom. The molecular weight excluding hydrogens is 218 g/mol. The minimum absolute atomic E-state index is 0.140. The number of hydrogen-bond acceptors (Lipinski definition) is 3. The molecule has 0 unspecified atom stereocenters. The van der Waals surface area contributed by atoms with E-state index in [0.717, 1.165) is 16.5 Å². The van der Waals surface area contributed by atoms with E-state index in [2.05, 4.69) is 4.98 Å². The largest absolute Gasteiger partial charge is 0.493 e. The maximum atomic E-state index is 11.2. The highest BCUT2D eigenvalue weighted by Gasteiger charge is 2.11. The first-order valence-electron chi connectivity index (χ1n) is 5.37. The van der Waals surface area contributed by atoms with E-state index in [4.69, 9.17) is 9.47 Å².